The van der Waals surface area contributed by atoms with Crippen LogP contribution in [0.4, 0.5) is 19.1 Å². The third kappa shape index (κ3) is 4.18. The van der Waals surface area contributed by atoms with Gasteiger partial charge in [-0.2, -0.15) is 4.98 Å². The zero-order valence-corrected chi connectivity index (χ0v) is 19.7. The van der Waals surface area contributed by atoms with Crippen LogP contribution in [0.5, 0.6) is 5.88 Å². The number of nitrogens with zero attached hydrogens (tertiary/aromatic N) is 7. The smallest absolute Gasteiger partial charge is 0.244 e. The highest BCUT2D eigenvalue weighted by Gasteiger charge is 2.31. The third-order valence-electron chi connectivity index (χ3n) is 6.46. The van der Waals surface area contributed by atoms with Crippen molar-refractivity contribution in [2.45, 2.75) is 31.6 Å². The summed E-state index contributed by atoms with van der Waals surface area (Å²) in [6.07, 6.45) is 0.870. The zero-order chi connectivity index (χ0) is 25.4. The highest BCUT2D eigenvalue weighted by Crippen LogP contribution is 2.33. The highest BCUT2D eigenvalue weighted by atomic mass is 19.1. The summed E-state index contributed by atoms with van der Waals surface area (Å²) in [7, 11) is 1.47. The molecule has 10 nitrogen and oxygen atoms in total. The Kier molecular flexibility index (Phi) is 6.37. The van der Waals surface area contributed by atoms with Gasteiger partial charge in [-0.15, -0.1) is 10.2 Å². The quantitative estimate of drug-likeness (QED) is 0.415. The Labute approximate surface area is 204 Å². The molecule has 1 fully saturated rings. The molecule has 2 atom stereocenters. The van der Waals surface area contributed by atoms with Gasteiger partial charge in [0.1, 0.15) is 36.6 Å². The SMILES string of the molecule is COc1nc(N[C@H]2CCN(C(C)=O)C[C@H]2F)nn2ccc(-c3ccc4nnn(C(CF)CF)c4c3)c12. The molecule has 4 heterocycles. The Balaban J connectivity index is 1.48. The number of alkyl halides is 3. The van der Waals surface area contributed by atoms with E-state index in [1.807, 2.05) is 12.1 Å². The molecule has 1 aliphatic rings. The molecule has 1 aromatic carbocycles. The number of amides is 1. The molecule has 13 heteroatoms. The maximum absolute atomic E-state index is 14.7. The molecule has 0 spiro atoms. The lowest BCUT2D eigenvalue weighted by Crippen LogP contribution is -2.49. The molecule has 5 rings (SSSR count). The van der Waals surface area contributed by atoms with Gasteiger partial charge in [0.25, 0.3) is 0 Å². The molecule has 0 aliphatic carbocycles. The van der Waals surface area contributed by atoms with Crippen molar-refractivity contribution >= 4 is 28.4 Å². The van der Waals surface area contributed by atoms with Crippen LogP contribution in [0.2, 0.25) is 0 Å². The van der Waals surface area contributed by atoms with E-state index in [-0.39, 0.29) is 24.3 Å². The molecule has 0 unspecified atom stereocenters. The van der Waals surface area contributed by atoms with Gasteiger partial charge >= 0.3 is 0 Å². The van der Waals surface area contributed by atoms with E-state index in [4.69, 9.17) is 4.74 Å². The minimum absolute atomic E-state index is 0.0135. The highest BCUT2D eigenvalue weighted by molar-refractivity contribution is 5.89. The number of carbonyl (C=O) groups is 1. The number of piperidine rings is 1. The van der Waals surface area contributed by atoms with Crippen LogP contribution < -0.4 is 10.1 Å². The van der Waals surface area contributed by atoms with E-state index < -0.39 is 31.6 Å². The van der Waals surface area contributed by atoms with E-state index >= 15 is 0 Å². The van der Waals surface area contributed by atoms with Crippen molar-refractivity contribution < 1.29 is 22.7 Å². The number of likely N-dealkylation sites (tertiary alicyclic amines) is 1. The fourth-order valence-corrected chi connectivity index (χ4v) is 4.49. The van der Waals surface area contributed by atoms with E-state index in [1.54, 1.807) is 22.8 Å². The Morgan fingerprint density at radius 1 is 1.28 bits per heavy atom. The fraction of sp³-hybridized carbons (Fsp3) is 0.435. The van der Waals surface area contributed by atoms with Crippen molar-refractivity contribution in [3.8, 4) is 17.0 Å². The number of aromatic nitrogens is 6. The summed E-state index contributed by atoms with van der Waals surface area (Å²) in [5, 5.41) is 15.4. The van der Waals surface area contributed by atoms with Gasteiger partial charge in [-0.05, 0) is 30.2 Å². The molecule has 1 saturated heterocycles. The van der Waals surface area contributed by atoms with Crippen LogP contribution in [0, 0.1) is 0 Å². The van der Waals surface area contributed by atoms with Gasteiger partial charge in [-0.25, -0.2) is 22.4 Å². The molecule has 1 amide bonds. The molecule has 0 saturated carbocycles. The molecule has 0 bridgehead atoms. The summed E-state index contributed by atoms with van der Waals surface area (Å²) in [6, 6.07) is 5.51. The number of carbonyl (C=O) groups excluding carboxylic acids is 1. The first kappa shape index (κ1) is 23.8. The van der Waals surface area contributed by atoms with Gasteiger partial charge < -0.3 is 15.0 Å². The third-order valence-corrected chi connectivity index (χ3v) is 6.46. The number of rotatable bonds is 7. The van der Waals surface area contributed by atoms with Crippen molar-refractivity contribution in [1.82, 2.24) is 34.5 Å². The maximum atomic E-state index is 14.7. The number of hydrogen-bond donors (Lipinski definition) is 1. The Morgan fingerprint density at radius 2 is 2.08 bits per heavy atom. The number of benzene rings is 1. The van der Waals surface area contributed by atoms with Crippen LogP contribution in [0.15, 0.2) is 30.5 Å². The van der Waals surface area contributed by atoms with Crippen molar-refractivity contribution in [2.75, 3.05) is 38.9 Å². The Bertz CT molecular complexity index is 1400. The van der Waals surface area contributed by atoms with Crippen LogP contribution in [0.3, 0.4) is 0 Å². The maximum Gasteiger partial charge on any atom is 0.244 e. The van der Waals surface area contributed by atoms with E-state index in [1.165, 1.54) is 23.6 Å². The van der Waals surface area contributed by atoms with Gasteiger partial charge in [-0.1, -0.05) is 11.3 Å². The zero-order valence-electron chi connectivity index (χ0n) is 19.7. The lowest BCUT2D eigenvalue weighted by atomic mass is 10.0. The minimum Gasteiger partial charge on any atom is -0.479 e. The number of methoxy groups -OCH3 is 1. The lowest BCUT2D eigenvalue weighted by molar-refractivity contribution is -0.131. The number of fused-ring (bicyclic) bond motifs is 2. The van der Waals surface area contributed by atoms with E-state index in [0.717, 1.165) is 11.1 Å². The van der Waals surface area contributed by atoms with Crippen LogP contribution in [-0.4, -0.2) is 86.2 Å². The number of nitrogens with one attached hydrogen (secondary N) is 1. The first-order valence-electron chi connectivity index (χ1n) is 11.5. The molecule has 190 valence electrons. The van der Waals surface area contributed by atoms with Crippen molar-refractivity contribution in [1.29, 1.82) is 0 Å². The van der Waals surface area contributed by atoms with E-state index in [9.17, 15) is 18.0 Å². The summed E-state index contributed by atoms with van der Waals surface area (Å²) in [4.78, 5) is 17.5. The second kappa shape index (κ2) is 9.63. The summed E-state index contributed by atoms with van der Waals surface area (Å²) in [6.45, 7) is 0.0762. The van der Waals surface area contributed by atoms with Crippen LogP contribution in [0.25, 0.3) is 27.7 Å². The van der Waals surface area contributed by atoms with Gasteiger partial charge in [-0.3, -0.25) is 4.79 Å². The van der Waals surface area contributed by atoms with Gasteiger partial charge in [0, 0.05) is 25.2 Å². The first-order valence-corrected chi connectivity index (χ1v) is 11.5. The van der Waals surface area contributed by atoms with Crippen molar-refractivity contribution in [3.63, 3.8) is 0 Å². The second-order valence-electron chi connectivity index (χ2n) is 8.69. The molecule has 36 heavy (non-hydrogen) atoms. The molecule has 1 aliphatic heterocycles. The van der Waals surface area contributed by atoms with Gasteiger partial charge in [0.2, 0.25) is 17.7 Å². The van der Waals surface area contributed by atoms with Gasteiger partial charge in [0.05, 0.1) is 25.2 Å². The van der Waals surface area contributed by atoms with Crippen molar-refractivity contribution in [2.24, 2.45) is 0 Å². The first-order chi connectivity index (χ1) is 17.4. The van der Waals surface area contributed by atoms with E-state index in [2.05, 4.69) is 25.7 Å². The Morgan fingerprint density at radius 3 is 2.78 bits per heavy atom. The summed E-state index contributed by atoms with van der Waals surface area (Å²) >= 11 is 0. The number of hydrogen-bond acceptors (Lipinski definition) is 7. The fourth-order valence-electron chi connectivity index (χ4n) is 4.49. The summed E-state index contributed by atoms with van der Waals surface area (Å²) in [5.41, 5.74) is 3.03. The number of anilines is 1. The standard InChI is InChI=1S/C23H25F3N8O2/c1-13(35)32-7-6-18(17(26)12-32)27-23-28-22(36-2)21-16(5-8-33(21)30-23)14-3-4-19-20(9-14)34(31-29-19)15(10-24)11-25/h3-5,8-9,15,17-18H,6-7,10-12H2,1-2H3,(H,27,30)/t17-,18+/m1/s1. The molecule has 3 aromatic heterocycles. The molecule has 4 aromatic rings. The summed E-state index contributed by atoms with van der Waals surface area (Å²) in [5.74, 6) is 0.301. The predicted molar refractivity (Wildman–Crippen MR) is 126 cm³/mol. The molecule has 1 N–H and O–H groups in total. The molecule has 0 radical (unpaired) electrons. The number of ether oxygens (including phenoxy) is 1. The summed E-state index contributed by atoms with van der Waals surface area (Å²) < 4.78 is 49.7. The van der Waals surface area contributed by atoms with Gasteiger partial charge in [0.15, 0.2) is 0 Å². The van der Waals surface area contributed by atoms with E-state index in [0.29, 0.717) is 29.5 Å². The normalized spacial score (nSPS) is 18.3. The Hall–Kier alpha value is -3.90. The minimum atomic E-state index is -1.27. The monoisotopic (exact) mass is 502 g/mol. The van der Waals surface area contributed by atoms with Crippen LogP contribution in [-0.2, 0) is 4.79 Å². The largest absolute Gasteiger partial charge is 0.479 e. The second-order valence-corrected chi connectivity index (χ2v) is 8.69. The van der Waals surface area contributed by atoms with Crippen LogP contribution >= 0.6 is 0 Å². The average molecular weight is 503 g/mol. The average Bonchev–Trinajstić information content (AvgIpc) is 3.50. The predicted octanol–water partition coefficient (Wildman–Crippen LogP) is 3.00. The number of halogens is 3. The lowest BCUT2D eigenvalue weighted by Gasteiger charge is -2.34. The van der Waals surface area contributed by atoms with Crippen LogP contribution in [0.1, 0.15) is 19.4 Å². The molecular weight excluding hydrogens is 477 g/mol. The topological polar surface area (TPSA) is 102 Å². The van der Waals surface area contributed by atoms with Crippen molar-refractivity contribution in [3.05, 3.63) is 30.5 Å². The molecular formula is C23H25F3N8O2.